The van der Waals surface area contributed by atoms with Gasteiger partial charge >= 0.3 is 0 Å². The molecule has 2 fully saturated rings. The van der Waals surface area contributed by atoms with Crippen LogP contribution in [0.1, 0.15) is 36.9 Å². The Bertz CT molecular complexity index is 884. The van der Waals surface area contributed by atoms with Crippen molar-refractivity contribution in [1.29, 1.82) is 0 Å². The van der Waals surface area contributed by atoms with Gasteiger partial charge in [0.1, 0.15) is 12.1 Å². The fourth-order valence-electron chi connectivity index (χ4n) is 4.25. The molecule has 0 N–H and O–H groups in total. The van der Waals surface area contributed by atoms with Gasteiger partial charge in [0.05, 0.1) is 24.3 Å². The predicted molar refractivity (Wildman–Crippen MR) is 92.5 cm³/mol. The summed E-state index contributed by atoms with van der Waals surface area (Å²) in [5, 5.41) is 4.37. The molecule has 2 aromatic rings. The van der Waals surface area contributed by atoms with E-state index in [0.29, 0.717) is 18.9 Å². The number of halogens is 2. The molecule has 5 rings (SSSR count). The number of fused-ring (bicyclic) bond motifs is 3. The van der Waals surface area contributed by atoms with Gasteiger partial charge in [0, 0.05) is 38.0 Å². The molecular weight excluding hydrogens is 354 g/mol. The van der Waals surface area contributed by atoms with E-state index in [1.165, 1.54) is 6.33 Å². The van der Waals surface area contributed by atoms with Gasteiger partial charge in [-0.1, -0.05) is 0 Å². The summed E-state index contributed by atoms with van der Waals surface area (Å²) in [7, 11) is 0. The summed E-state index contributed by atoms with van der Waals surface area (Å²) in [6.07, 6.45) is 4.68. The molecule has 0 atom stereocenters. The number of amides is 1. The second kappa shape index (κ2) is 5.97. The van der Waals surface area contributed by atoms with Gasteiger partial charge in [0.2, 0.25) is 11.8 Å². The molecular formula is C18H20F2N6O. The van der Waals surface area contributed by atoms with Crippen LogP contribution in [-0.2, 0) is 17.9 Å². The maximum Gasteiger partial charge on any atom is 0.249 e. The van der Waals surface area contributed by atoms with E-state index in [2.05, 4.69) is 20.0 Å². The second-order valence-electron chi connectivity index (χ2n) is 7.58. The van der Waals surface area contributed by atoms with E-state index in [4.69, 9.17) is 0 Å². The van der Waals surface area contributed by atoms with Crippen molar-refractivity contribution >= 4 is 11.7 Å². The highest BCUT2D eigenvalue weighted by molar-refractivity contribution is 5.80. The number of hydrogen-bond donors (Lipinski definition) is 0. The van der Waals surface area contributed by atoms with Crippen molar-refractivity contribution in [3.63, 3.8) is 0 Å². The van der Waals surface area contributed by atoms with Gasteiger partial charge in [-0.25, -0.2) is 23.4 Å². The first-order chi connectivity index (χ1) is 13.0. The maximum absolute atomic E-state index is 13.3. The Kier molecular flexibility index (Phi) is 3.66. The molecule has 1 saturated carbocycles. The first kappa shape index (κ1) is 16.6. The number of aromatic nitrogens is 4. The van der Waals surface area contributed by atoms with Crippen molar-refractivity contribution in [2.24, 2.45) is 5.92 Å². The van der Waals surface area contributed by atoms with Crippen LogP contribution in [0.5, 0.6) is 0 Å². The predicted octanol–water partition coefficient (Wildman–Crippen LogP) is 2.15. The van der Waals surface area contributed by atoms with Crippen LogP contribution < -0.4 is 4.90 Å². The lowest BCUT2D eigenvalue weighted by Gasteiger charge is -2.37. The molecule has 0 spiro atoms. The first-order valence-corrected chi connectivity index (χ1v) is 9.30. The van der Waals surface area contributed by atoms with Crippen molar-refractivity contribution in [2.75, 3.05) is 18.0 Å². The Morgan fingerprint density at radius 1 is 1.11 bits per heavy atom. The molecule has 2 aliphatic heterocycles. The van der Waals surface area contributed by atoms with Gasteiger partial charge in [-0.15, -0.1) is 0 Å². The molecule has 0 unspecified atom stereocenters. The maximum atomic E-state index is 13.3. The lowest BCUT2D eigenvalue weighted by atomic mass is 9.80. The molecule has 27 heavy (non-hydrogen) atoms. The number of anilines is 1. The zero-order valence-corrected chi connectivity index (χ0v) is 14.8. The van der Waals surface area contributed by atoms with Gasteiger partial charge in [-0.3, -0.25) is 4.79 Å². The highest BCUT2D eigenvalue weighted by Gasteiger charge is 2.50. The number of hydrogen-bond acceptors (Lipinski definition) is 5. The fourth-order valence-corrected chi connectivity index (χ4v) is 4.25. The van der Waals surface area contributed by atoms with Gasteiger partial charge in [0.15, 0.2) is 5.82 Å². The molecule has 4 heterocycles. The van der Waals surface area contributed by atoms with E-state index in [1.54, 1.807) is 15.8 Å². The summed E-state index contributed by atoms with van der Waals surface area (Å²) in [6, 6.07) is 1.84. The number of carbonyl (C=O) groups excluding carboxylic acids is 1. The monoisotopic (exact) mass is 374 g/mol. The molecule has 142 valence electrons. The lowest BCUT2D eigenvalue weighted by Crippen LogP contribution is -2.46. The van der Waals surface area contributed by atoms with Gasteiger partial charge in [0.25, 0.3) is 0 Å². The summed E-state index contributed by atoms with van der Waals surface area (Å²) in [6.45, 7) is 2.47. The Morgan fingerprint density at radius 3 is 2.59 bits per heavy atom. The normalized spacial score (nSPS) is 21.4. The van der Waals surface area contributed by atoms with Crippen LogP contribution in [0.3, 0.4) is 0 Å². The minimum absolute atomic E-state index is 0.224. The Balaban J connectivity index is 1.53. The van der Waals surface area contributed by atoms with E-state index in [0.717, 1.165) is 43.0 Å². The molecule has 2 aromatic heterocycles. The van der Waals surface area contributed by atoms with E-state index >= 15 is 0 Å². The van der Waals surface area contributed by atoms with Crippen LogP contribution >= 0.6 is 0 Å². The summed E-state index contributed by atoms with van der Waals surface area (Å²) < 4.78 is 28.3. The fraction of sp³-hybridized carbons (Fsp3) is 0.556. The zero-order valence-electron chi connectivity index (χ0n) is 14.8. The number of rotatable bonds is 2. The molecule has 1 aliphatic carbocycles. The standard InChI is InChI=1S/C18H20F2N6O/c19-18(20)7-12(8-18)17(27)25-9-13-3-4-23-26(13)16-14(10-25)15(21-11-22-16)24-5-1-2-6-24/h3-4,11-12H,1-2,5-10H2. The Hall–Kier alpha value is -2.58. The third-order valence-electron chi connectivity index (χ3n) is 5.68. The third-order valence-corrected chi connectivity index (χ3v) is 5.68. The van der Waals surface area contributed by atoms with Crippen molar-refractivity contribution in [1.82, 2.24) is 24.6 Å². The SMILES string of the molecule is O=C(C1CC(F)(F)C1)N1Cc2c(N3CCCC3)ncnc2-n2nccc2C1. The molecule has 3 aliphatic rings. The summed E-state index contributed by atoms with van der Waals surface area (Å²) >= 11 is 0. The molecule has 0 radical (unpaired) electrons. The Labute approximate surface area is 155 Å². The zero-order chi connectivity index (χ0) is 18.6. The van der Waals surface area contributed by atoms with Crippen LogP contribution in [0.4, 0.5) is 14.6 Å². The summed E-state index contributed by atoms with van der Waals surface area (Å²) in [5.41, 5.74) is 1.65. The average molecular weight is 374 g/mol. The number of alkyl halides is 2. The largest absolute Gasteiger partial charge is 0.356 e. The molecule has 7 nitrogen and oxygen atoms in total. The molecule has 0 aromatic carbocycles. The number of nitrogens with zero attached hydrogens (tertiary/aromatic N) is 6. The van der Waals surface area contributed by atoms with Gasteiger partial charge < -0.3 is 9.80 Å². The van der Waals surface area contributed by atoms with Gasteiger partial charge in [-0.05, 0) is 18.9 Å². The topological polar surface area (TPSA) is 67.2 Å². The van der Waals surface area contributed by atoms with E-state index in [-0.39, 0.29) is 18.7 Å². The minimum atomic E-state index is -2.71. The van der Waals surface area contributed by atoms with E-state index in [9.17, 15) is 13.6 Å². The molecule has 1 amide bonds. The van der Waals surface area contributed by atoms with Crippen molar-refractivity contribution in [3.05, 3.63) is 29.8 Å². The quantitative estimate of drug-likeness (QED) is 0.806. The van der Waals surface area contributed by atoms with Crippen molar-refractivity contribution in [3.8, 4) is 5.82 Å². The Morgan fingerprint density at radius 2 is 1.85 bits per heavy atom. The van der Waals surface area contributed by atoms with E-state index in [1.807, 2.05) is 6.07 Å². The number of carbonyl (C=O) groups is 1. The van der Waals surface area contributed by atoms with Crippen LogP contribution in [0.15, 0.2) is 18.6 Å². The average Bonchev–Trinajstić information content (AvgIpc) is 3.28. The summed E-state index contributed by atoms with van der Waals surface area (Å²) in [5.74, 6) is -2.07. The first-order valence-electron chi connectivity index (χ1n) is 9.30. The molecule has 9 heteroatoms. The highest BCUT2D eigenvalue weighted by atomic mass is 19.3. The smallest absolute Gasteiger partial charge is 0.249 e. The van der Waals surface area contributed by atoms with Crippen molar-refractivity contribution < 1.29 is 13.6 Å². The van der Waals surface area contributed by atoms with Crippen LogP contribution in [0.25, 0.3) is 5.82 Å². The lowest BCUT2D eigenvalue weighted by molar-refractivity contribution is -0.161. The van der Waals surface area contributed by atoms with Crippen LogP contribution in [0, 0.1) is 5.92 Å². The van der Waals surface area contributed by atoms with E-state index < -0.39 is 11.8 Å². The third kappa shape index (κ3) is 2.76. The van der Waals surface area contributed by atoms with Crippen LogP contribution in [0.2, 0.25) is 0 Å². The summed E-state index contributed by atoms with van der Waals surface area (Å²) in [4.78, 5) is 25.7. The second-order valence-corrected chi connectivity index (χ2v) is 7.58. The molecule has 0 bridgehead atoms. The minimum Gasteiger partial charge on any atom is -0.356 e. The molecule has 1 saturated heterocycles. The van der Waals surface area contributed by atoms with Crippen molar-refractivity contribution in [2.45, 2.75) is 44.7 Å². The highest BCUT2D eigenvalue weighted by Crippen LogP contribution is 2.44. The van der Waals surface area contributed by atoms with Gasteiger partial charge in [-0.2, -0.15) is 5.10 Å². The van der Waals surface area contributed by atoms with Crippen LogP contribution in [-0.4, -0.2) is 49.6 Å².